The monoisotopic (exact) mass is 733 g/mol. The summed E-state index contributed by atoms with van der Waals surface area (Å²) in [7, 11) is -17.1. The molecule has 3 fully saturated rings. The highest BCUT2D eigenvalue weighted by atomic mass is 32.2. The Morgan fingerprint density at radius 3 is 2.57 bits per heavy atom. The number of aliphatic hydroxyl groups is 2. The van der Waals surface area contributed by atoms with Crippen LogP contribution < -0.4 is 16.4 Å². The lowest BCUT2D eigenvalue weighted by molar-refractivity contribution is -0.135. The molecule has 9 N–H and O–H groups in total. The number of hydrogen-bond acceptors (Lipinski definition) is 17. The van der Waals surface area contributed by atoms with E-state index in [2.05, 4.69) is 43.3 Å². The number of carbonyl (C=O) groups is 2. The third-order valence-corrected chi connectivity index (χ3v) is 12.8. The van der Waals surface area contributed by atoms with Crippen LogP contribution in [0.3, 0.4) is 0 Å². The van der Waals surface area contributed by atoms with Crippen molar-refractivity contribution in [1.29, 1.82) is 0 Å². The molecule has 2 aromatic heterocycles. The van der Waals surface area contributed by atoms with Crippen LogP contribution in [0.1, 0.15) is 31.9 Å². The number of hydrogen-bond donors (Lipinski definition) is 8. The number of carbonyl (C=O) groups excluding carboxylic acids is 2. The van der Waals surface area contributed by atoms with Crippen molar-refractivity contribution >= 4 is 64.2 Å². The molecule has 3 saturated heterocycles. The van der Waals surface area contributed by atoms with Crippen LogP contribution in [-0.2, 0) is 40.9 Å². The number of fused-ring (bicyclic) bond motifs is 2. The van der Waals surface area contributed by atoms with Gasteiger partial charge in [0.1, 0.15) is 30.2 Å². The molecule has 0 aliphatic carbocycles. The van der Waals surface area contributed by atoms with E-state index in [1.807, 2.05) is 0 Å². The molecule has 26 heteroatoms. The second kappa shape index (κ2) is 13.7. The van der Waals surface area contributed by atoms with Crippen LogP contribution in [-0.4, -0.2) is 104 Å². The zero-order valence-corrected chi connectivity index (χ0v) is 26.9. The van der Waals surface area contributed by atoms with Crippen molar-refractivity contribution in [1.82, 2.24) is 30.2 Å². The molecule has 0 saturated carbocycles. The summed E-state index contributed by atoms with van der Waals surface area (Å²) in [5.74, 6) is -0.491. The second-order valence-electron chi connectivity index (χ2n) is 10.3. The number of thioether (sulfide) groups is 1. The van der Waals surface area contributed by atoms with E-state index in [0.29, 0.717) is 12.8 Å². The van der Waals surface area contributed by atoms with Crippen molar-refractivity contribution in [2.45, 2.75) is 67.6 Å². The van der Waals surface area contributed by atoms with E-state index in [0.717, 1.165) is 12.1 Å². The van der Waals surface area contributed by atoms with Gasteiger partial charge in [-0.1, -0.05) is 6.42 Å². The molecular weight excluding hydrogens is 703 g/mol. The zero-order chi connectivity index (χ0) is 33.4. The molecule has 9 unspecified atom stereocenters. The summed E-state index contributed by atoms with van der Waals surface area (Å²) in [5.41, 5.74) is 6.03. The topological polar surface area (TPSA) is 326 Å². The zero-order valence-electron chi connectivity index (χ0n) is 23.4. The van der Waals surface area contributed by atoms with Crippen LogP contribution in [0.5, 0.6) is 0 Å². The average molecular weight is 733 g/mol. The van der Waals surface area contributed by atoms with Crippen LogP contribution in [0.25, 0.3) is 11.2 Å². The number of anilines is 1. The summed E-state index contributed by atoms with van der Waals surface area (Å²) in [6.07, 6.45) is -2.90. The Morgan fingerprint density at radius 1 is 1.07 bits per heavy atom. The molecule has 3 aliphatic rings. The van der Waals surface area contributed by atoms with Gasteiger partial charge in [0.2, 0.25) is 0 Å². The molecule has 2 aromatic rings. The van der Waals surface area contributed by atoms with E-state index in [-0.39, 0.29) is 53.2 Å². The maximum atomic E-state index is 12.3. The molecule has 10 atom stereocenters. The van der Waals surface area contributed by atoms with Gasteiger partial charge in [0.05, 0.1) is 25.0 Å². The Balaban J connectivity index is 1.06. The summed E-state index contributed by atoms with van der Waals surface area (Å²) in [4.78, 5) is 64.7. The van der Waals surface area contributed by atoms with Crippen LogP contribution in [0.4, 0.5) is 10.6 Å². The number of amides is 2. The fraction of sp³-hybridized carbons (Fsp3) is 0.650. The lowest BCUT2D eigenvalue weighted by Gasteiger charge is -2.20. The molecule has 256 valence electrons. The van der Waals surface area contributed by atoms with Crippen LogP contribution in [0.2, 0.25) is 0 Å². The first-order chi connectivity index (χ1) is 21.5. The van der Waals surface area contributed by atoms with E-state index in [4.69, 9.17) is 10.5 Å². The Hall–Kier alpha value is -2.23. The Bertz CT molecular complexity index is 1620. The van der Waals surface area contributed by atoms with Gasteiger partial charge >= 0.3 is 35.5 Å². The summed E-state index contributed by atoms with van der Waals surface area (Å²) in [6, 6.07) is -0.261. The quantitative estimate of drug-likeness (QED) is 0.0698. The third kappa shape index (κ3) is 8.24. The molecular formula is C20H30N7O15P3S. The maximum Gasteiger partial charge on any atom is 0.538 e. The molecule has 5 heterocycles. The van der Waals surface area contributed by atoms with Gasteiger partial charge in [-0.15, -0.1) is 0 Å². The molecule has 2 amide bonds. The summed E-state index contributed by atoms with van der Waals surface area (Å²) in [6.45, 7) is -0.998. The number of ether oxygens (including phenoxy) is 1. The van der Waals surface area contributed by atoms with Gasteiger partial charge in [0, 0.05) is 17.4 Å². The first-order valence-electron chi connectivity index (χ1n) is 13.5. The van der Waals surface area contributed by atoms with Gasteiger partial charge in [0.25, 0.3) is 0 Å². The van der Waals surface area contributed by atoms with Gasteiger partial charge in [-0.2, -0.15) is 20.4 Å². The SMILES string of the molecule is Nc1ncnc2c1ncn2C1OC(COP(=O)(O)OP(=O)(O)OP(=O)(O)OC(=O)CCCC[C@@H]2SCC3NC(=O)NC32)C(O)C1O. The number of nitrogens with zero attached hydrogens (tertiary/aromatic N) is 4. The highest BCUT2D eigenvalue weighted by molar-refractivity contribution is 8.00. The van der Waals surface area contributed by atoms with Crippen molar-refractivity contribution in [2.75, 3.05) is 18.1 Å². The van der Waals surface area contributed by atoms with E-state index in [1.54, 1.807) is 11.8 Å². The van der Waals surface area contributed by atoms with E-state index in [1.165, 1.54) is 10.9 Å². The number of rotatable bonds is 14. The maximum absolute atomic E-state index is 12.3. The van der Waals surface area contributed by atoms with Crippen molar-refractivity contribution in [3.05, 3.63) is 12.7 Å². The van der Waals surface area contributed by atoms with Gasteiger partial charge in [-0.3, -0.25) is 18.8 Å². The van der Waals surface area contributed by atoms with Crippen LogP contribution >= 0.6 is 35.2 Å². The number of nitrogens with two attached hydrogens (primary N) is 1. The molecule has 46 heavy (non-hydrogen) atoms. The number of aliphatic hydroxyl groups excluding tert-OH is 2. The van der Waals surface area contributed by atoms with Crippen molar-refractivity contribution in [2.24, 2.45) is 0 Å². The molecule has 0 radical (unpaired) electrons. The Kier molecular flexibility index (Phi) is 10.5. The summed E-state index contributed by atoms with van der Waals surface area (Å²) in [5, 5.41) is 26.6. The summed E-state index contributed by atoms with van der Waals surface area (Å²) < 4.78 is 60.2. The van der Waals surface area contributed by atoms with Gasteiger partial charge in [0.15, 0.2) is 17.7 Å². The average Bonchev–Trinajstić information content (AvgIpc) is 3.69. The minimum absolute atomic E-state index is 0.0225. The van der Waals surface area contributed by atoms with Crippen molar-refractivity contribution < 1.29 is 70.6 Å². The van der Waals surface area contributed by atoms with E-state index >= 15 is 0 Å². The number of urea groups is 1. The van der Waals surface area contributed by atoms with Crippen molar-refractivity contribution in [3.63, 3.8) is 0 Å². The lowest BCUT2D eigenvalue weighted by atomic mass is 10.0. The largest absolute Gasteiger partial charge is 0.538 e. The van der Waals surface area contributed by atoms with E-state index in [9.17, 15) is 48.2 Å². The second-order valence-corrected chi connectivity index (χ2v) is 16.2. The number of phosphoric acid groups is 3. The third-order valence-electron chi connectivity index (χ3n) is 7.09. The highest BCUT2D eigenvalue weighted by Gasteiger charge is 2.48. The van der Waals surface area contributed by atoms with Gasteiger partial charge < -0.3 is 45.6 Å². The number of phosphoric ester groups is 2. The number of nitrogens with one attached hydrogen (secondary N) is 2. The molecule has 3 aliphatic heterocycles. The minimum atomic E-state index is -5.89. The standard InChI is InChI=1S/C20H30N7O15P3S/c21-17-14-18(23-7-22-17)27(8-24-14)19-16(30)15(29)10(39-19)5-38-43(32,33)41-45(36,37)42-44(34,35)40-12(28)4-2-1-3-11-13-9(6-46-11)25-20(31)26-13/h7-11,13,15-16,19,29-30H,1-6H2,(H,32,33)(H,34,35)(H,36,37)(H2,21,22,23)(H2,25,26,31)/t9?,10?,11-,13?,15?,16?,19?/m0/s1. The molecule has 0 bridgehead atoms. The molecule has 22 nitrogen and oxygen atoms in total. The molecule has 0 spiro atoms. The van der Waals surface area contributed by atoms with Crippen LogP contribution in [0, 0.1) is 0 Å². The lowest BCUT2D eigenvalue weighted by Crippen LogP contribution is -2.36. The smallest absolute Gasteiger partial charge is 0.387 e. The van der Waals surface area contributed by atoms with Crippen LogP contribution in [0.15, 0.2) is 12.7 Å². The fourth-order valence-electron chi connectivity index (χ4n) is 5.07. The van der Waals surface area contributed by atoms with Gasteiger partial charge in [-0.25, -0.2) is 33.4 Å². The van der Waals surface area contributed by atoms with Gasteiger partial charge in [-0.05, 0) is 12.8 Å². The molecule has 5 rings (SSSR count). The number of aromatic nitrogens is 4. The number of imidazole rings is 1. The number of nitrogen functional groups attached to an aromatic ring is 1. The highest BCUT2D eigenvalue weighted by Crippen LogP contribution is 2.67. The normalized spacial score (nSPS) is 31.4. The first-order valence-corrected chi connectivity index (χ1v) is 19.0. The molecule has 0 aromatic carbocycles. The predicted molar refractivity (Wildman–Crippen MR) is 153 cm³/mol. The van der Waals surface area contributed by atoms with E-state index < -0.39 is 60.6 Å². The first kappa shape index (κ1) is 35.1. The Morgan fingerprint density at radius 2 is 1.80 bits per heavy atom. The number of unbranched alkanes of at least 4 members (excludes halogenated alkanes) is 1. The van der Waals surface area contributed by atoms with Crippen molar-refractivity contribution in [3.8, 4) is 0 Å². The summed E-state index contributed by atoms with van der Waals surface area (Å²) >= 11 is 1.66. The fourth-order valence-corrected chi connectivity index (χ4v) is 10.1. The Labute approximate surface area is 263 Å². The predicted octanol–water partition coefficient (Wildman–Crippen LogP) is -0.352. The minimum Gasteiger partial charge on any atom is -0.387 e.